The van der Waals surface area contributed by atoms with Gasteiger partial charge in [-0.25, -0.2) is 0 Å². The van der Waals surface area contributed by atoms with Gasteiger partial charge in [0.2, 0.25) is 0 Å². The van der Waals surface area contributed by atoms with Crippen molar-refractivity contribution in [1.82, 2.24) is 4.90 Å². The van der Waals surface area contributed by atoms with Crippen LogP contribution >= 0.6 is 0 Å². The van der Waals surface area contributed by atoms with Crippen molar-refractivity contribution in [3.8, 4) is 0 Å². The molecule has 1 aliphatic rings. The minimum absolute atomic E-state index is 0.00281. The summed E-state index contributed by atoms with van der Waals surface area (Å²) >= 11 is 0. The normalized spacial score (nSPS) is 15.3. The monoisotopic (exact) mass is 354 g/mol. The summed E-state index contributed by atoms with van der Waals surface area (Å²) in [6, 6.07) is 26.0. The molecule has 0 spiro atoms. The topological polar surface area (TPSA) is 23.6 Å². The van der Waals surface area contributed by atoms with Crippen LogP contribution in [0, 0.1) is 0 Å². The molecule has 27 heavy (non-hydrogen) atoms. The standard InChI is InChI=1S/C24H22N2O/c1-25(2)21-14-12-19(13-15-21)23-22-11-7-6-8-18(22)16-17-26(23)24(27)20-9-4-3-5-10-20/h3-17,23H,1-2H3/t23-/m0/s1. The number of carbonyl (C=O) groups excluding carboxylic acids is 1. The van der Waals surface area contributed by atoms with Gasteiger partial charge < -0.3 is 9.80 Å². The molecule has 1 aliphatic heterocycles. The number of hydrogen-bond acceptors (Lipinski definition) is 2. The fraction of sp³-hybridized carbons (Fsp3) is 0.125. The third-order valence-electron chi connectivity index (χ3n) is 4.96. The smallest absolute Gasteiger partial charge is 0.258 e. The lowest BCUT2D eigenvalue weighted by atomic mass is 9.90. The molecule has 0 fully saturated rings. The first kappa shape index (κ1) is 17.1. The largest absolute Gasteiger partial charge is 0.378 e. The Bertz CT molecular complexity index is 975. The Morgan fingerprint density at radius 2 is 1.52 bits per heavy atom. The van der Waals surface area contributed by atoms with E-state index in [0.717, 1.165) is 22.4 Å². The second-order valence-electron chi connectivity index (χ2n) is 6.91. The van der Waals surface area contributed by atoms with Gasteiger partial charge in [0.15, 0.2) is 0 Å². The summed E-state index contributed by atoms with van der Waals surface area (Å²) < 4.78 is 0. The lowest BCUT2D eigenvalue weighted by molar-refractivity contribution is 0.0787. The molecule has 3 aromatic rings. The van der Waals surface area contributed by atoms with E-state index in [4.69, 9.17) is 0 Å². The van der Waals surface area contributed by atoms with Crippen LogP contribution < -0.4 is 4.90 Å². The zero-order valence-electron chi connectivity index (χ0n) is 15.5. The van der Waals surface area contributed by atoms with Crippen LogP contribution in [-0.2, 0) is 0 Å². The fourth-order valence-electron chi connectivity index (χ4n) is 3.52. The lowest BCUT2D eigenvalue weighted by Crippen LogP contribution is -2.33. The van der Waals surface area contributed by atoms with E-state index in [0.29, 0.717) is 5.56 Å². The van der Waals surface area contributed by atoms with Gasteiger partial charge in [0.05, 0.1) is 6.04 Å². The van der Waals surface area contributed by atoms with Crippen molar-refractivity contribution in [2.24, 2.45) is 0 Å². The average molecular weight is 354 g/mol. The minimum Gasteiger partial charge on any atom is -0.378 e. The maximum absolute atomic E-state index is 13.2. The fourth-order valence-corrected chi connectivity index (χ4v) is 3.52. The third-order valence-corrected chi connectivity index (χ3v) is 4.96. The number of nitrogens with zero attached hydrogens (tertiary/aromatic N) is 2. The molecule has 0 radical (unpaired) electrons. The van der Waals surface area contributed by atoms with E-state index in [1.54, 1.807) is 0 Å². The number of hydrogen-bond donors (Lipinski definition) is 0. The first-order chi connectivity index (χ1) is 13.1. The number of amides is 1. The van der Waals surface area contributed by atoms with Crippen molar-refractivity contribution < 1.29 is 4.79 Å². The molecule has 0 N–H and O–H groups in total. The zero-order chi connectivity index (χ0) is 18.8. The Morgan fingerprint density at radius 3 is 2.22 bits per heavy atom. The predicted molar refractivity (Wildman–Crippen MR) is 111 cm³/mol. The molecule has 3 aromatic carbocycles. The summed E-state index contributed by atoms with van der Waals surface area (Å²) in [5.74, 6) is 0.00281. The van der Waals surface area contributed by atoms with Gasteiger partial charge in [0, 0.05) is 31.5 Å². The van der Waals surface area contributed by atoms with Crippen LogP contribution in [-0.4, -0.2) is 24.9 Å². The number of carbonyl (C=O) groups is 1. The minimum atomic E-state index is -0.143. The molecule has 3 nitrogen and oxygen atoms in total. The highest BCUT2D eigenvalue weighted by molar-refractivity contribution is 5.96. The number of anilines is 1. The lowest BCUT2D eigenvalue weighted by Gasteiger charge is -2.34. The van der Waals surface area contributed by atoms with Gasteiger partial charge in [0.25, 0.3) is 5.91 Å². The molecule has 1 amide bonds. The van der Waals surface area contributed by atoms with Crippen LogP contribution in [0.5, 0.6) is 0 Å². The van der Waals surface area contributed by atoms with Crippen molar-refractivity contribution in [3.05, 3.63) is 107 Å². The molecule has 0 saturated heterocycles. The SMILES string of the molecule is CN(C)c1ccc([C@H]2c3ccccc3C=CN2C(=O)c2ccccc2)cc1. The quantitative estimate of drug-likeness (QED) is 0.663. The van der Waals surface area contributed by atoms with Crippen LogP contribution in [0.4, 0.5) is 5.69 Å². The van der Waals surface area contributed by atoms with Gasteiger partial charge in [-0.3, -0.25) is 4.79 Å². The van der Waals surface area contributed by atoms with Gasteiger partial charge in [-0.05, 0) is 47.0 Å². The molecule has 0 unspecified atom stereocenters. The van der Waals surface area contributed by atoms with Gasteiger partial charge >= 0.3 is 0 Å². The summed E-state index contributed by atoms with van der Waals surface area (Å²) in [5, 5.41) is 0. The van der Waals surface area contributed by atoms with E-state index in [9.17, 15) is 4.79 Å². The second kappa shape index (κ2) is 7.12. The van der Waals surface area contributed by atoms with Crippen LogP contribution in [0.2, 0.25) is 0 Å². The van der Waals surface area contributed by atoms with Crippen molar-refractivity contribution in [3.63, 3.8) is 0 Å². The highest BCUT2D eigenvalue weighted by Crippen LogP contribution is 2.37. The Balaban J connectivity index is 1.79. The first-order valence-corrected chi connectivity index (χ1v) is 9.07. The molecule has 0 aromatic heterocycles. The highest BCUT2D eigenvalue weighted by Gasteiger charge is 2.29. The summed E-state index contributed by atoms with van der Waals surface area (Å²) in [5.41, 5.74) is 5.22. The Labute approximate surface area is 160 Å². The molecular weight excluding hydrogens is 332 g/mol. The van der Waals surface area contributed by atoms with E-state index in [1.165, 1.54) is 0 Å². The highest BCUT2D eigenvalue weighted by atomic mass is 16.2. The maximum Gasteiger partial charge on any atom is 0.258 e. The second-order valence-corrected chi connectivity index (χ2v) is 6.91. The number of rotatable bonds is 3. The zero-order valence-corrected chi connectivity index (χ0v) is 15.5. The molecule has 0 aliphatic carbocycles. The average Bonchev–Trinajstić information content (AvgIpc) is 2.73. The van der Waals surface area contributed by atoms with E-state index in [2.05, 4.69) is 41.3 Å². The van der Waals surface area contributed by atoms with E-state index >= 15 is 0 Å². The van der Waals surface area contributed by atoms with Crippen molar-refractivity contribution in [1.29, 1.82) is 0 Å². The Hall–Kier alpha value is -3.33. The van der Waals surface area contributed by atoms with E-state index in [-0.39, 0.29) is 11.9 Å². The van der Waals surface area contributed by atoms with E-state index in [1.807, 2.05) is 73.7 Å². The van der Waals surface area contributed by atoms with Gasteiger partial charge in [-0.2, -0.15) is 0 Å². The summed E-state index contributed by atoms with van der Waals surface area (Å²) in [4.78, 5) is 17.1. The number of fused-ring (bicyclic) bond motifs is 1. The number of benzene rings is 3. The molecular formula is C24H22N2O. The van der Waals surface area contributed by atoms with Crippen molar-refractivity contribution in [2.45, 2.75) is 6.04 Å². The van der Waals surface area contributed by atoms with Crippen LogP contribution in [0.25, 0.3) is 6.08 Å². The third kappa shape index (κ3) is 3.24. The molecule has 134 valence electrons. The summed E-state index contributed by atoms with van der Waals surface area (Å²) in [6.07, 6.45) is 3.92. The molecule has 3 heteroatoms. The molecule has 1 heterocycles. The van der Waals surface area contributed by atoms with Crippen LogP contribution in [0.1, 0.15) is 33.1 Å². The maximum atomic E-state index is 13.2. The van der Waals surface area contributed by atoms with Crippen molar-refractivity contribution >= 4 is 17.7 Å². The molecule has 4 rings (SSSR count). The van der Waals surface area contributed by atoms with Gasteiger partial charge in [0.1, 0.15) is 0 Å². The van der Waals surface area contributed by atoms with Gasteiger partial charge in [-0.15, -0.1) is 0 Å². The molecule has 0 bridgehead atoms. The molecule has 0 saturated carbocycles. The molecule has 1 atom stereocenters. The first-order valence-electron chi connectivity index (χ1n) is 9.07. The van der Waals surface area contributed by atoms with Crippen LogP contribution in [0.3, 0.4) is 0 Å². The van der Waals surface area contributed by atoms with E-state index < -0.39 is 0 Å². The van der Waals surface area contributed by atoms with Crippen LogP contribution in [0.15, 0.2) is 85.1 Å². The Kier molecular flexibility index (Phi) is 4.51. The predicted octanol–water partition coefficient (Wildman–Crippen LogP) is 4.97. The van der Waals surface area contributed by atoms with Gasteiger partial charge in [-0.1, -0.05) is 54.6 Å². The van der Waals surface area contributed by atoms with Crippen molar-refractivity contribution in [2.75, 3.05) is 19.0 Å². The Morgan fingerprint density at radius 1 is 0.852 bits per heavy atom. The summed E-state index contributed by atoms with van der Waals surface area (Å²) in [7, 11) is 4.05. The summed E-state index contributed by atoms with van der Waals surface area (Å²) in [6.45, 7) is 0.